The molecule has 1 rings (SSSR count). The lowest BCUT2D eigenvalue weighted by Crippen LogP contribution is -2.30. The summed E-state index contributed by atoms with van der Waals surface area (Å²) < 4.78 is 5.20. The lowest BCUT2D eigenvalue weighted by molar-refractivity contribution is -0.140. The number of esters is 1. The van der Waals surface area contributed by atoms with Crippen molar-refractivity contribution < 1.29 is 9.53 Å². The molecule has 108 valence electrons. The van der Waals surface area contributed by atoms with Crippen molar-refractivity contribution >= 4 is 30.8 Å². The molecule has 0 aliphatic rings. The third-order valence-corrected chi connectivity index (χ3v) is 2.75. The van der Waals surface area contributed by atoms with Gasteiger partial charge in [0.25, 0.3) is 0 Å². The van der Waals surface area contributed by atoms with E-state index >= 15 is 0 Å². The minimum absolute atomic E-state index is 0. The third-order valence-electron chi connectivity index (χ3n) is 2.75. The van der Waals surface area contributed by atoms with Gasteiger partial charge in [-0.2, -0.15) is 0 Å². The maximum absolute atomic E-state index is 11.7. The molecule has 0 N–H and O–H groups in total. The first-order valence-corrected chi connectivity index (χ1v) is 5.58. The lowest BCUT2D eigenvalue weighted by Gasteiger charge is -2.20. The predicted octanol–water partition coefficient (Wildman–Crippen LogP) is 3.08. The van der Waals surface area contributed by atoms with Gasteiger partial charge in [0.05, 0.1) is 0 Å². The zero-order valence-corrected chi connectivity index (χ0v) is 13.1. The van der Waals surface area contributed by atoms with Crippen LogP contribution >= 0.6 is 24.8 Å². The number of carbonyl (C=O) groups is 1. The van der Waals surface area contributed by atoms with Crippen LogP contribution in [0.3, 0.4) is 0 Å². The van der Waals surface area contributed by atoms with Gasteiger partial charge in [-0.05, 0) is 26.6 Å². The van der Waals surface area contributed by atoms with Crippen molar-refractivity contribution in [3.8, 4) is 0 Å². The molecule has 1 unspecified atom stereocenters. The average Bonchev–Trinajstić information content (AvgIpc) is 2.35. The first-order valence-electron chi connectivity index (χ1n) is 5.58. The first kappa shape index (κ1) is 20.3. The largest absolute Gasteiger partial charge is 0.457 e. The summed E-state index contributed by atoms with van der Waals surface area (Å²) in [6.45, 7) is 5.99. The second-order valence-corrected chi connectivity index (χ2v) is 4.23. The number of ether oxygens (including phenoxy) is 1. The molecule has 0 aliphatic heterocycles. The zero-order valence-electron chi connectivity index (χ0n) is 11.5. The number of carbonyl (C=O) groups excluding carboxylic acids is 1. The fraction of sp³-hybridized carbons (Fsp3) is 0.357. The Balaban J connectivity index is 0. The van der Waals surface area contributed by atoms with E-state index in [0.29, 0.717) is 12.2 Å². The SMILES string of the molecule is C=C(C(=O)OCc1ccccc1)C(C)N(C)C.Cl.Cl. The van der Waals surface area contributed by atoms with E-state index in [2.05, 4.69) is 6.58 Å². The van der Waals surface area contributed by atoms with Crippen molar-refractivity contribution in [1.82, 2.24) is 4.90 Å². The molecule has 0 saturated carbocycles. The van der Waals surface area contributed by atoms with Crippen molar-refractivity contribution in [3.05, 3.63) is 48.0 Å². The Morgan fingerprint density at radius 3 is 2.26 bits per heavy atom. The van der Waals surface area contributed by atoms with Crippen LogP contribution in [0.15, 0.2) is 42.5 Å². The molecule has 0 spiro atoms. The number of halogens is 2. The Morgan fingerprint density at radius 1 is 1.26 bits per heavy atom. The van der Waals surface area contributed by atoms with E-state index in [-0.39, 0.29) is 36.8 Å². The topological polar surface area (TPSA) is 29.5 Å². The van der Waals surface area contributed by atoms with Crippen molar-refractivity contribution in [2.24, 2.45) is 0 Å². The van der Waals surface area contributed by atoms with Gasteiger partial charge in [-0.15, -0.1) is 24.8 Å². The molecule has 1 aromatic carbocycles. The van der Waals surface area contributed by atoms with Crippen LogP contribution in [-0.2, 0) is 16.1 Å². The van der Waals surface area contributed by atoms with Crippen LogP contribution in [0.4, 0.5) is 0 Å². The monoisotopic (exact) mass is 305 g/mol. The zero-order chi connectivity index (χ0) is 12.8. The minimum Gasteiger partial charge on any atom is -0.457 e. The standard InChI is InChI=1S/C14H19NO2.2ClH/c1-11(12(2)15(3)4)14(16)17-10-13-8-6-5-7-9-13;;/h5-9,12H,1,10H2,2-4H3;2*1H. The quantitative estimate of drug-likeness (QED) is 0.618. The van der Waals surface area contributed by atoms with Crippen molar-refractivity contribution in [3.63, 3.8) is 0 Å². The fourth-order valence-electron chi connectivity index (χ4n) is 1.30. The van der Waals surface area contributed by atoms with Crippen molar-refractivity contribution in [1.29, 1.82) is 0 Å². The maximum atomic E-state index is 11.7. The van der Waals surface area contributed by atoms with Gasteiger partial charge in [0.2, 0.25) is 0 Å². The summed E-state index contributed by atoms with van der Waals surface area (Å²) >= 11 is 0. The summed E-state index contributed by atoms with van der Waals surface area (Å²) in [5.41, 5.74) is 1.46. The molecule has 0 saturated heterocycles. The van der Waals surface area contributed by atoms with Crippen LogP contribution in [-0.4, -0.2) is 31.0 Å². The van der Waals surface area contributed by atoms with Gasteiger partial charge in [-0.25, -0.2) is 4.79 Å². The molecule has 0 amide bonds. The van der Waals surface area contributed by atoms with Gasteiger partial charge in [0.15, 0.2) is 0 Å². The highest BCUT2D eigenvalue weighted by Gasteiger charge is 2.17. The van der Waals surface area contributed by atoms with E-state index in [9.17, 15) is 4.79 Å². The summed E-state index contributed by atoms with van der Waals surface area (Å²) in [6, 6.07) is 9.59. The van der Waals surface area contributed by atoms with Crippen LogP contribution in [0.2, 0.25) is 0 Å². The normalized spacial score (nSPS) is 10.9. The highest BCUT2D eigenvalue weighted by molar-refractivity contribution is 5.89. The van der Waals surface area contributed by atoms with Gasteiger partial charge < -0.3 is 9.64 Å². The minimum atomic E-state index is -0.338. The summed E-state index contributed by atoms with van der Waals surface area (Å²) in [6.07, 6.45) is 0. The number of rotatable bonds is 5. The average molecular weight is 306 g/mol. The van der Waals surface area contributed by atoms with Crippen molar-refractivity contribution in [2.75, 3.05) is 14.1 Å². The molecule has 19 heavy (non-hydrogen) atoms. The Hall–Kier alpha value is -1.03. The molecule has 0 aliphatic carbocycles. The van der Waals surface area contributed by atoms with E-state index in [0.717, 1.165) is 5.56 Å². The molecule has 0 bridgehead atoms. The van der Waals surface area contributed by atoms with Gasteiger partial charge in [-0.3, -0.25) is 0 Å². The first-order chi connectivity index (χ1) is 8.02. The Kier molecular flexibility index (Phi) is 10.5. The molecule has 0 radical (unpaired) electrons. The van der Waals surface area contributed by atoms with Crippen LogP contribution in [0, 0.1) is 0 Å². The Bertz CT molecular complexity index is 394. The highest BCUT2D eigenvalue weighted by atomic mass is 35.5. The number of hydrogen-bond donors (Lipinski definition) is 0. The molecular formula is C14H21Cl2NO2. The predicted molar refractivity (Wildman–Crippen MR) is 83.0 cm³/mol. The molecule has 1 aromatic rings. The number of likely N-dealkylation sites (N-methyl/N-ethyl adjacent to an activating group) is 1. The van der Waals surface area contributed by atoms with Gasteiger partial charge >= 0.3 is 5.97 Å². The lowest BCUT2D eigenvalue weighted by atomic mass is 10.1. The Morgan fingerprint density at radius 2 is 1.79 bits per heavy atom. The molecule has 0 heterocycles. The van der Waals surface area contributed by atoms with Crippen LogP contribution in [0.1, 0.15) is 12.5 Å². The molecule has 5 heteroatoms. The summed E-state index contributed by atoms with van der Waals surface area (Å²) in [4.78, 5) is 13.6. The number of nitrogens with zero attached hydrogens (tertiary/aromatic N) is 1. The van der Waals surface area contributed by atoms with Gasteiger partial charge in [0, 0.05) is 11.6 Å². The summed E-state index contributed by atoms with van der Waals surface area (Å²) in [5.74, 6) is -0.338. The van der Waals surface area contributed by atoms with E-state index in [1.807, 2.05) is 56.3 Å². The molecular weight excluding hydrogens is 285 g/mol. The van der Waals surface area contributed by atoms with Gasteiger partial charge in [-0.1, -0.05) is 36.9 Å². The van der Waals surface area contributed by atoms with Crippen LogP contribution < -0.4 is 0 Å². The third kappa shape index (κ3) is 6.62. The number of benzene rings is 1. The summed E-state index contributed by atoms with van der Waals surface area (Å²) in [7, 11) is 3.81. The molecule has 0 fully saturated rings. The maximum Gasteiger partial charge on any atom is 0.335 e. The highest BCUT2D eigenvalue weighted by Crippen LogP contribution is 2.09. The van der Waals surface area contributed by atoms with Crippen LogP contribution in [0.25, 0.3) is 0 Å². The molecule has 3 nitrogen and oxygen atoms in total. The second kappa shape index (κ2) is 9.84. The van der Waals surface area contributed by atoms with E-state index in [1.54, 1.807) is 0 Å². The smallest absolute Gasteiger partial charge is 0.335 e. The molecule has 1 atom stereocenters. The van der Waals surface area contributed by atoms with Gasteiger partial charge in [0.1, 0.15) is 6.61 Å². The number of hydrogen-bond acceptors (Lipinski definition) is 3. The van der Waals surface area contributed by atoms with E-state index in [1.165, 1.54) is 0 Å². The summed E-state index contributed by atoms with van der Waals surface area (Å²) in [5, 5.41) is 0. The van der Waals surface area contributed by atoms with Crippen LogP contribution in [0.5, 0.6) is 0 Å². The Labute approximate surface area is 127 Å². The van der Waals surface area contributed by atoms with Crippen molar-refractivity contribution in [2.45, 2.75) is 19.6 Å². The fourth-order valence-corrected chi connectivity index (χ4v) is 1.30. The van der Waals surface area contributed by atoms with E-state index in [4.69, 9.17) is 4.74 Å². The second-order valence-electron chi connectivity index (χ2n) is 4.23. The van der Waals surface area contributed by atoms with E-state index < -0.39 is 0 Å². The molecule has 0 aromatic heterocycles.